The molecule has 2 heterocycles. The molecular weight excluding hydrogens is 500 g/mol. The van der Waals surface area contributed by atoms with Crippen LogP contribution in [0.3, 0.4) is 0 Å². The number of fused-ring (bicyclic) bond motifs is 1. The molecule has 0 amide bonds. The normalized spacial score (nSPS) is 18.2. The van der Waals surface area contributed by atoms with Gasteiger partial charge in [0, 0.05) is 12.8 Å². The lowest BCUT2D eigenvalue weighted by molar-refractivity contribution is 0.0952. The third-order valence-electron chi connectivity index (χ3n) is 8.13. The smallest absolute Gasteiger partial charge is 0.201 e. The Labute approximate surface area is 224 Å². The Kier molecular flexibility index (Phi) is 7.09. The maximum Gasteiger partial charge on any atom is 0.201 e. The molecule has 0 saturated heterocycles. The number of nitrogens with one attached hydrogen (secondary N) is 1. The maximum atomic E-state index is 13.9. The summed E-state index contributed by atoms with van der Waals surface area (Å²) in [5, 5.41) is 7.47. The highest BCUT2D eigenvalue weighted by Crippen LogP contribution is 2.51. The van der Waals surface area contributed by atoms with E-state index in [1.165, 1.54) is 23.1 Å². The van der Waals surface area contributed by atoms with E-state index in [0.29, 0.717) is 18.0 Å². The third-order valence-corrected chi connectivity index (χ3v) is 9.12. The number of hydrogen-bond donors (Lipinski definition) is 1. The monoisotopic (exact) mass is 536 g/mol. The summed E-state index contributed by atoms with van der Waals surface area (Å²) in [5.41, 5.74) is 3.63. The highest BCUT2D eigenvalue weighted by Gasteiger charge is 2.44. The lowest BCUT2D eigenvalue weighted by Gasteiger charge is -2.25. The number of rotatable bonds is 10. The molecule has 2 aromatic carbocycles. The van der Waals surface area contributed by atoms with Crippen molar-refractivity contribution in [3.63, 3.8) is 0 Å². The van der Waals surface area contributed by atoms with Crippen LogP contribution in [0, 0.1) is 0 Å². The van der Waals surface area contributed by atoms with E-state index < -0.39 is 15.8 Å². The molecule has 202 valence electrons. The SMILES string of the molecule is CCN(CC)CCC1(c2ccc(C3CNc4c(S(C)(=O)=O)nn(-c5ccc(OC)cc5)c4C3=O)cc2)CC1. The minimum atomic E-state index is -3.66. The zero-order chi connectivity index (χ0) is 27.1. The van der Waals surface area contributed by atoms with Gasteiger partial charge >= 0.3 is 0 Å². The summed E-state index contributed by atoms with van der Waals surface area (Å²) in [4.78, 5) is 16.4. The van der Waals surface area contributed by atoms with E-state index in [4.69, 9.17) is 4.74 Å². The van der Waals surface area contributed by atoms with Crippen LogP contribution >= 0.6 is 0 Å². The first-order valence-corrected chi connectivity index (χ1v) is 15.2. The first kappa shape index (κ1) is 26.4. The van der Waals surface area contributed by atoms with E-state index in [1.54, 1.807) is 31.4 Å². The van der Waals surface area contributed by atoms with Gasteiger partial charge in [-0.25, -0.2) is 13.1 Å². The van der Waals surface area contributed by atoms with Crippen LogP contribution in [0.2, 0.25) is 0 Å². The maximum absolute atomic E-state index is 13.9. The van der Waals surface area contributed by atoms with Crippen molar-refractivity contribution < 1.29 is 17.9 Å². The van der Waals surface area contributed by atoms with E-state index >= 15 is 0 Å². The third kappa shape index (κ3) is 4.85. The van der Waals surface area contributed by atoms with Crippen molar-refractivity contribution in [1.29, 1.82) is 0 Å². The standard InChI is InChI=1S/C29H36N4O4S/c1-5-32(6-2)18-17-29(15-16-29)21-9-7-20(8-10-21)24-19-30-25-26(27(24)34)33(31-28(25)38(4,35)36)22-11-13-23(37-3)14-12-22/h7-14,24,30H,5-6,15-19H2,1-4H3. The highest BCUT2D eigenvalue weighted by molar-refractivity contribution is 7.90. The van der Waals surface area contributed by atoms with Gasteiger partial charge in [0.1, 0.15) is 17.1 Å². The molecule has 0 radical (unpaired) electrons. The van der Waals surface area contributed by atoms with Crippen molar-refractivity contribution in [2.75, 3.05) is 44.9 Å². The Balaban J connectivity index is 1.44. The molecule has 5 rings (SSSR count). The Morgan fingerprint density at radius 1 is 1.08 bits per heavy atom. The second-order valence-corrected chi connectivity index (χ2v) is 12.3. The molecule has 1 N–H and O–H groups in total. The molecular formula is C29H36N4O4S. The summed E-state index contributed by atoms with van der Waals surface area (Å²) in [6.45, 7) is 7.96. The van der Waals surface area contributed by atoms with E-state index in [1.807, 2.05) is 0 Å². The van der Waals surface area contributed by atoms with Crippen molar-refractivity contribution in [2.24, 2.45) is 0 Å². The molecule has 9 heteroatoms. The van der Waals surface area contributed by atoms with Crippen LogP contribution in [-0.4, -0.2) is 68.4 Å². The fraction of sp³-hybridized carbons (Fsp3) is 0.448. The summed E-state index contributed by atoms with van der Waals surface area (Å²) >= 11 is 0. The van der Waals surface area contributed by atoms with Gasteiger partial charge in [0.05, 0.1) is 18.7 Å². The predicted molar refractivity (Wildman–Crippen MR) is 149 cm³/mol. The summed E-state index contributed by atoms with van der Waals surface area (Å²) in [7, 11) is -2.08. The molecule has 1 saturated carbocycles. The van der Waals surface area contributed by atoms with Crippen LogP contribution in [0.15, 0.2) is 53.6 Å². The summed E-state index contributed by atoms with van der Waals surface area (Å²) in [6.07, 6.45) is 4.67. The van der Waals surface area contributed by atoms with Gasteiger partial charge in [0.25, 0.3) is 0 Å². The minimum absolute atomic E-state index is 0.116. The Hall–Kier alpha value is -3.17. The number of carbonyl (C=O) groups is 1. The summed E-state index contributed by atoms with van der Waals surface area (Å²) in [5.74, 6) is 0.0712. The lowest BCUT2D eigenvalue weighted by Crippen LogP contribution is -2.30. The van der Waals surface area contributed by atoms with Gasteiger partial charge in [-0.2, -0.15) is 5.10 Å². The number of anilines is 1. The van der Waals surface area contributed by atoms with Crippen LogP contribution in [0.4, 0.5) is 5.69 Å². The van der Waals surface area contributed by atoms with Crippen LogP contribution in [0.1, 0.15) is 60.6 Å². The number of carbonyl (C=O) groups excluding carboxylic acids is 1. The van der Waals surface area contributed by atoms with Gasteiger partial charge in [0.2, 0.25) is 5.03 Å². The number of benzene rings is 2. The number of ketones is 1. The highest BCUT2D eigenvalue weighted by atomic mass is 32.2. The second kappa shape index (κ2) is 10.2. The van der Waals surface area contributed by atoms with Gasteiger partial charge in [-0.3, -0.25) is 4.79 Å². The predicted octanol–water partition coefficient (Wildman–Crippen LogP) is 4.44. The fourth-order valence-corrected chi connectivity index (χ4v) is 6.27. The van der Waals surface area contributed by atoms with Gasteiger partial charge in [-0.1, -0.05) is 38.1 Å². The van der Waals surface area contributed by atoms with Crippen molar-refractivity contribution in [1.82, 2.24) is 14.7 Å². The number of Topliss-reactive ketones (excluding diaryl/α,β-unsaturated/α-hetero) is 1. The number of nitrogens with zero attached hydrogens (tertiary/aromatic N) is 3. The van der Waals surface area contributed by atoms with Crippen molar-refractivity contribution in [3.8, 4) is 11.4 Å². The molecule has 3 aromatic rings. The number of ether oxygens (including phenoxy) is 1. The van der Waals surface area contributed by atoms with E-state index in [2.05, 4.69) is 53.4 Å². The zero-order valence-electron chi connectivity index (χ0n) is 22.5. The first-order chi connectivity index (χ1) is 18.2. The quantitative estimate of drug-likeness (QED) is 0.409. The number of hydrogen-bond acceptors (Lipinski definition) is 7. The molecule has 0 spiro atoms. The van der Waals surface area contributed by atoms with Gasteiger partial charge < -0.3 is 15.0 Å². The molecule has 1 atom stereocenters. The Morgan fingerprint density at radius 3 is 2.29 bits per heavy atom. The largest absolute Gasteiger partial charge is 0.497 e. The van der Waals surface area contributed by atoms with Crippen molar-refractivity contribution in [3.05, 3.63) is 65.4 Å². The van der Waals surface area contributed by atoms with E-state index in [0.717, 1.165) is 37.9 Å². The van der Waals surface area contributed by atoms with Gasteiger partial charge in [-0.05, 0) is 79.7 Å². The van der Waals surface area contributed by atoms with Gasteiger partial charge in [-0.15, -0.1) is 0 Å². The van der Waals surface area contributed by atoms with Crippen molar-refractivity contribution in [2.45, 2.75) is 49.5 Å². The second-order valence-electron chi connectivity index (χ2n) is 10.4. The fourth-order valence-electron chi connectivity index (χ4n) is 5.50. The lowest BCUT2D eigenvalue weighted by atomic mass is 9.86. The van der Waals surface area contributed by atoms with Crippen LogP contribution in [0.5, 0.6) is 5.75 Å². The number of sulfone groups is 1. The van der Waals surface area contributed by atoms with Crippen LogP contribution < -0.4 is 10.1 Å². The molecule has 1 fully saturated rings. The summed E-state index contributed by atoms with van der Waals surface area (Å²) in [6, 6.07) is 15.5. The van der Waals surface area contributed by atoms with E-state index in [-0.39, 0.29) is 27.6 Å². The van der Waals surface area contributed by atoms with Crippen LogP contribution in [-0.2, 0) is 15.3 Å². The Bertz CT molecular complexity index is 1420. The van der Waals surface area contributed by atoms with Crippen LogP contribution in [0.25, 0.3) is 5.69 Å². The topological polar surface area (TPSA) is 93.5 Å². The first-order valence-electron chi connectivity index (χ1n) is 13.3. The van der Waals surface area contributed by atoms with E-state index in [9.17, 15) is 13.2 Å². The average Bonchev–Trinajstić information content (AvgIpc) is 3.60. The number of methoxy groups -OCH3 is 1. The molecule has 1 unspecified atom stereocenters. The molecule has 2 aliphatic rings. The molecule has 38 heavy (non-hydrogen) atoms. The zero-order valence-corrected chi connectivity index (χ0v) is 23.3. The molecule has 1 aliphatic heterocycles. The Morgan fingerprint density at radius 2 is 1.74 bits per heavy atom. The summed E-state index contributed by atoms with van der Waals surface area (Å²) < 4.78 is 31.7. The minimum Gasteiger partial charge on any atom is -0.497 e. The average molecular weight is 537 g/mol. The molecule has 0 bridgehead atoms. The van der Waals surface area contributed by atoms with Gasteiger partial charge in [0.15, 0.2) is 15.6 Å². The molecule has 8 nitrogen and oxygen atoms in total. The molecule has 1 aliphatic carbocycles. The number of aromatic nitrogens is 2. The van der Waals surface area contributed by atoms with Crippen molar-refractivity contribution >= 4 is 21.3 Å². The molecule has 1 aromatic heterocycles.